The van der Waals surface area contributed by atoms with Gasteiger partial charge >= 0.3 is 0 Å². The van der Waals surface area contributed by atoms with Gasteiger partial charge in [0.25, 0.3) is 5.91 Å². The molecule has 0 spiro atoms. The largest absolute Gasteiger partial charge is 0.378 e. The zero-order chi connectivity index (χ0) is 20.5. The first kappa shape index (κ1) is 20.0. The number of ether oxygens (including phenoxy) is 1. The lowest BCUT2D eigenvalue weighted by atomic mass is 10.1. The van der Waals surface area contributed by atoms with E-state index in [2.05, 4.69) is 21.2 Å². The number of hydrogen-bond acceptors (Lipinski definition) is 5. The Hall–Kier alpha value is -2.29. The number of carbonyl (C=O) groups is 2. The lowest BCUT2D eigenvalue weighted by Crippen LogP contribution is -2.40. The molecule has 0 radical (unpaired) electrons. The second-order valence-electron chi connectivity index (χ2n) is 6.90. The van der Waals surface area contributed by atoms with Crippen LogP contribution in [0.2, 0.25) is 0 Å². The molecule has 0 saturated carbocycles. The first-order chi connectivity index (χ1) is 13.9. The number of pyridine rings is 1. The molecule has 1 aromatic carbocycles. The highest BCUT2D eigenvalue weighted by molar-refractivity contribution is 9.10. The molecule has 29 heavy (non-hydrogen) atoms. The molecule has 6 nitrogen and oxygen atoms in total. The van der Waals surface area contributed by atoms with Gasteiger partial charge in [0.1, 0.15) is 9.71 Å². The lowest BCUT2D eigenvalue weighted by molar-refractivity contribution is -0.114. The van der Waals surface area contributed by atoms with E-state index in [0.717, 1.165) is 31.5 Å². The van der Waals surface area contributed by atoms with Crippen molar-refractivity contribution in [1.82, 2.24) is 9.88 Å². The Balaban J connectivity index is 1.84. The Morgan fingerprint density at radius 1 is 1.21 bits per heavy atom. The summed E-state index contributed by atoms with van der Waals surface area (Å²) in [6.07, 6.45) is 0. The standard InChI is InChI=1S/C21H20BrN3O3S/c1-12-11-16(14-3-5-15(22)6-4-14)24-20-17(12)18(23-13(2)26)19(29-20)21(27)25-7-9-28-10-8-25/h3-6,11H,7-10H2,1-2H3,(H,23,26). The van der Waals surface area contributed by atoms with Crippen LogP contribution < -0.4 is 5.32 Å². The van der Waals surface area contributed by atoms with Crippen LogP contribution in [0.1, 0.15) is 22.2 Å². The third-order valence-corrected chi connectivity index (χ3v) is 6.39. The van der Waals surface area contributed by atoms with Crippen LogP contribution >= 0.6 is 27.3 Å². The Morgan fingerprint density at radius 3 is 2.55 bits per heavy atom. The number of anilines is 1. The number of benzene rings is 1. The zero-order valence-corrected chi connectivity index (χ0v) is 18.5. The molecule has 0 atom stereocenters. The number of morpholine rings is 1. The summed E-state index contributed by atoms with van der Waals surface area (Å²) in [5.41, 5.74) is 3.35. The number of aryl methyl sites for hydroxylation is 1. The molecule has 1 N–H and O–H groups in total. The third kappa shape index (κ3) is 4.05. The summed E-state index contributed by atoms with van der Waals surface area (Å²) >= 11 is 4.78. The van der Waals surface area contributed by atoms with Crippen molar-refractivity contribution < 1.29 is 14.3 Å². The number of halogens is 1. The minimum absolute atomic E-state index is 0.0929. The van der Waals surface area contributed by atoms with Crippen molar-refractivity contribution in [3.05, 3.63) is 45.2 Å². The minimum Gasteiger partial charge on any atom is -0.378 e. The summed E-state index contributed by atoms with van der Waals surface area (Å²) in [5.74, 6) is -0.304. The summed E-state index contributed by atoms with van der Waals surface area (Å²) < 4.78 is 6.36. The number of aromatic nitrogens is 1. The van der Waals surface area contributed by atoms with E-state index in [4.69, 9.17) is 9.72 Å². The number of thiophene rings is 1. The van der Waals surface area contributed by atoms with Gasteiger partial charge < -0.3 is 15.0 Å². The molecule has 8 heteroatoms. The number of rotatable bonds is 3. The number of nitrogens with zero attached hydrogens (tertiary/aromatic N) is 2. The summed E-state index contributed by atoms with van der Waals surface area (Å²) in [4.78, 5) is 32.9. The highest BCUT2D eigenvalue weighted by Crippen LogP contribution is 2.39. The van der Waals surface area contributed by atoms with Gasteiger partial charge in [-0.05, 0) is 30.7 Å². The van der Waals surface area contributed by atoms with E-state index in [1.807, 2.05) is 37.3 Å². The van der Waals surface area contributed by atoms with Crippen LogP contribution in [-0.4, -0.2) is 48.0 Å². The first-order valence-corrected chi connectivity index (χ1v) is 10.9. The first-order valence-electron chi connectivity index (χ1n) is 9.28. The highest BCUT2D eigenvalue weighted by atomic mass is 79.9. The Morgan fingerprint density at radius 2 is 1.90 bits per heavy atom. The van der Waals surface area contributed by atoms with Crippen LogP contribution in [0.5, 0.6) is 0 Å². The number of carbonyl (C=O) groups excluding carboxylic acids is 2. The lowest BCUT2D eigenvalue weighted by Gasteiger charge is -2.26. The van der Waals surface area contributed by atoms with Gasteiger partial charge in [-0.2, -0.15) is 0 Å². The number of hydrogen-bond donors (Lipinski definition) is 1. The van der Waals surface area contributed by atoms with Crippen LogP contribution in [0, 0.1) is 6.92 Å². The van der Waals surface area contributed by atoms with Crippen LogP contribution in [0.25, 0.3) is 21.5 Å². The molecule has 2 aromatic heterocycles. The molecule has 1 aliphatic heterocycles. The molecule has 0 unspecified atom stereocenters. The zero-order valence-electron chi connectivity index (χ0n) is 16.1. The van der Waals surface area contributed by atoms with Gasteiger partial charge in [0.05, 0.1) is 24.6 Å². The molecule has 1 fully saturated rings. The fourth-order valence-corrected chi connectivity index (χ4v) is 4.85. The van der Waals surface area contributed by atoms with Gasteiger partial charge in [0.15, 0.2) is 0 Å². The van der Waals surface area contributed by atoms with Gasteiger partial charge in [-0.25, -0.2) is 4.98 Å². The molecule has 150 valence electrons. The van der Waals surface area contributed by atoms with E-state index in [0.29, 0.717) is 36.9 Å². The molecule has 1 saturated heterocycles. The van der Waals surface area contributed by atoms with E-state index in [1.165, 1.54) is 18.3 Å². The van der Waals surface area contributed by atoms with Gasteiger partial charge in [0, 0.05) is 35.4 Å². The minimum atomic E-state index is -0.211. The second-order valence-corrected chi connectivity index (χ2v) is 8.82. The van der Waals surface area contributed by atoms with E-state index in [9.17, 15) is 9.59 Å². The van der Waals surface area contributed by atoms with Gasteiger partial charge in [0.2, 0.25) is 5.91 Å². The summed E-state index contributed by atoms with van der Waals surface area (Å²) in [7, 11) is 0. The predicted molar refractivity (Wildman–Crippen MR) is 119 cm³/mol. The van der Waals surface area contributed by atoms with Gasteiger partial charge in [-0.15, -0.1) is 11.3 Å². The third-order valence-electron chi connectivity index (χ3n) is 4.79. The molecular weight excluding hydrogens is 454 g/mol. The average Bonchev–Trinajstić information content (AvgIpc) is 3.06. The van der Waals surface area contributed by atoms with Crippen LogP contribution in [0.3, 0.4) is 0 Å². The summed E-state index contributed by atoms with van der Waals surface area (Å²) in [5, 5.41) is 3.69. The fourth-order valence-electron chi connectivity index (χ4n) is 3.41. The maximum Gasteiger partial charge on any atom is 0.266 e. The Bertz CT molecular complexity index is 1090. The maximum absolute atomic E-state index is 13.2. The van der Waals surface area contributed by atoms with Crippen LogP contribution in [-0.2, 0) is 9.53 Å². The number of nitrogens with one attached hydrogen (secondary N) is 1. The van der Waals surface area contributed by atoms with Gasteiger partial charge in [-0.1, -0.05) is 28.1 Å². The van der Waals surface area contributed by atoms with Crippen molar-refractivity contribution >= 4 is 55.0 Å². The van der Waals surface area contributed by atoms with E-state index < -0.39 is 0 Å². The van der Waals surface area contributed by atoms with Crippen LogP contribution in [0.15, 0.2) is 34.8 Å². The molecule has 4 rings (SSSR count). The molecule has 1 aliphatic rings. The average molecular weight is 474 g/mol. The van der Waals surface area contributed by atoms with E-state index in [-0.39, 0.29) is 11.8 Å². The van der Waals surface area contributed by atoms with Crippen molar-refractivity contribution in [1.29, 1.82) is 0 Å². The number of fused-ring (bicyclic) bond motifs is 1. The molecule has 0 aliphatic carbocycles. The molecule has 3 aromatic rings. The summed E-state index contributed by atoms with van der Waals surface area (Å²) in [6, 6.07) is 9.94. The normalized spacial score (nSPS) is 14.2. The maximum atomic E-state index is 13.2. The predicted octanol–water partition coefficient (Wildman–Crippen LogP) is 4.47. The molecular formula is C21H20BrN3O3S. The Kier molecular flexibility index (Phi) is 5.67. The highest BCUT2D eigenvalue weighted by Gasteiger charge is 2.27. The van der Waals surface area contributed by atoms with Crippen molar-refractivity contribution in [2.45, 2.75) is 13.8 Å². The molecule has 0 bridgehead atoms. The van der Waals surface area contributed by atoms with Crippen molar-refractivity contribution in [3.63, 3.8) is 0 Å². The van der Waals surface area contributed by atoms with Crippen molar-refractivity contribution in [2.75, 3.05) is 31.6 Å². The topological polar surface area (TPSA) is 71.5 Å². The van der Waals surface area contributed by atoms with Gasteiger partial charge in [-0.3, -0.25) is 9.59 Å². The second kappa shape index (κ2) is 8.22. The monoisotopic (exact) mass is 473 g/mol. The fraction of sp³-hybridized carbons (Fsp3) is 0.286. The molecule has 2 amide bonds. The molecule has 3 heterocycles. The van der Waals surface area contributed by atoms with Crippen molar-refractivity contribution in [3.8, 4) is 11.3 Å². The van der Waals surface area contributed by atoms with Crippen LogP contribution in [0.4, 0.5) is 5.69 Å². The SMILES string of the molecule is CC(=O)Nc1c(C(=O)N2CCOCC2)sc2nc(-c3ccc(Br)cc3)cc(C)c12. The summed E-state index contributed by atoms with van der Waals surface area (Å²) in [6.45, 7) is 5.57. The van der Waals surface area contributed by atoms with E-state index in [1.54, 1.807) is 4.90 Å². The van der Waals surface area contributed by atoms with Crippen molar-refractivity contribution in [2.24, 2.45) is 0 Å². The number of amides is 2. The smallest absolute Gasteiger partial charge is 0.266 e. The van der Waals surface area contributed by atoms with E-state index >= 15 is 0 Å². The Labute approximate surface area is 181 Å². The quantitative estimate of drug-likeness (QED) is 0.609.